The molecule has 1 fully saturated rings. The minimum atomic E-state index is -0.728. The summed E-state index contributed by atoms with van der Waals surface area (Å²) in [5, 5.41) is 9.26. The minimum absolute atomic E-state index is 0.177. The molecular weight excluding hydrogens is 280 g/mol. The molecule has 3 rings (SSSR count). The van der Waals surface area contributed by atoms with Crippen molar-refractivity contribution in [1.29, 1.82) is 0 Å². The van der Waals surface area contributed by atoms with Gasteiger partial charge in [0.25, 0.3) is 0 Å². The molecule has 4 nitrogen and oxygen atoms in total. The van der Waals surface area contributed by atoms with Crippen molar-refractivity contribution in [3.63, 3.8) is 0 Å². The van der Waals surface area contributed by atoms with Gasteiger partial charge in [0, 0.05) is 6.42 Å². The van der Waals surface area contributed by atoms with Gasteiger partial charge < -0.3 is 14.6 Å². The summed E-state index contributed by atoms with van der Waals surface area (Å²) in [7, 11) is 0. The second-order valence-corrected chi connectivity index (χ2v) is 5.33. The number of aliphatic hydroxyl groups excluding tert-OH is 1. The van der Waals surface area contributed by atoms with E-state index in [0.717, 1.165) is 11.1 Å². The lowest BCUT2D eigenvalue weighted by molar-refractivity contribution is -0.103. The van der Waals surface area contributed by atoms with Crippen LogP contribution in [-0.2, 0) is 9.47 Å². The Bertz CT molecular complexity index is 621. The van der Waals surface area contributed by atoms with Crippen LogP contribution in [0.1, 0.15) is 23.2 Å². The maximum absolute atomic E-state index is 12.0. The monoisotopic (exact) mass is 298 g/mol. The molecule has 114 valence electrons. The van der Waals surface area contributed by atoms with E-state index in [1.165, 1.54) is 0 Å². The highest BCUT2D eigenvalue weighted by molar-refractivity contribution is 5.90. The fraction of sp³-hybridized carbons (Fsp3) is 0.278. The number of carbonyl (C=O) groups is 1. The van der Waals surface area contributed by atoms with Gasteiger partial charge in [0.1, 0.15) is 6.61 Å². The van der Waals surface area contributed by atoms with Crippen molar-refractivity contribution >= 4 is 5.97 Å². The predicted molar refractivity (Wildman–Crippen MR) is 82.3 cm³/mol. The molecule has 0 bridgehead atoms. The topological polar surface area (TPSA) is 55.8 Å². The zero-order chi connectivity index (χ0) is 15.4. The van der Waals surface area contributed by atoms with Gasteiger partial charge in [0.05, 0.1) is 11.7 Å². The Hall–Kier alpha value is -2.17. The maximum atomic E-state index is 12.0. The van der Waals surface area contributed by atoms with Crippen LogP contribution in [0.25, 0.3) is 11.1 Å². The SMILES string of the molecule is O=C(OC[C@@H]1CC[C@@H](O)O1)c1ccc(-c2ccccc2)cc1. The number of aliphatic hydroxyl groups is 1. The number of ether oxygens (including phenoxy) is 2. The van der Waals surface area contributed by atoms with Crippen LogP contribution in [0.5, 0.6) is 0 Å². The van der Waals surface area contributed by atoms with Crippen LogP contribution < -0.4 is 0 Å². The summed E-state index contributed by atoms with van der Waals surface area (Å²) in [5.74, 6) is -0.371. The van der Waals surface area contributed by atoms with Gasteiger partial charge in [-0.15, -0.1) is 0 Å². The third-order valence-corrected chi connectivity index (χ3v) is 3.71. The van der Waals surface area contributed by atoms with Gasteiger partial charge in [-0.3, -0.25) is 0 Å². The first-order valence-corrected chi connectivity index (χ1v) is 7.38. The number of benzene rings is 2. The molecule has 2 aromatic carbocycles. The second-order valence-electron chi connectivity index (χ2n) is 5.33. The molecule has 22 heavy (non-hydrogen) atoms. The molecule has 1 aliphatic rings. The first-order valence-electron chi connectivity index (χ1n) is 7.38. The Morgan fingerprint density at radius 2 is 1.73 bits per heavy atom. The predicted octanol–water partition coefficient (Wildman–Crippen LogP) is 3.01. The quantitative estimate of drug-likeness (QED) is 0.882. The van der Waals surface area contributed by atoms with Crippen molar-refractivity contribution in [3.8, 4) is 11.1 Å². The normalized spacial score (nSPS) is 20.8. The van der Waals surface area contributed by atoms with E-state index in [9.17, 15) is 9.90 Å². The summed E-state index contributed by atoms with van der Waals surface area (Å²) in [4.78, 5) is 12.0. The molecule has 2 atom stereocenters. The zero-order valence-electron chi connectivity index (χ0n) is 12.1. The van der Waals surface area contributed by atoms with Crippen LogP contribution in [0, 0.1) is 0 Å². The van der Waals surface area contributed by atoms with E-state index in [1.54, 1.807) is 12.1 Å². The molecule has 4 heteroatoms. The number of hydrogen-bond acceptors (Lipinski definition) is 4. The molecule has 2 aromatic rings. The Balaban J connectivity index is 1.59. The van der Waals surface area contributed by atoms with Crippen LogP contribution in [-0.4, -0.2) is 30.1 Å². The molecule has 0 unspecified atom stereocenters. The van der Waals surface area contributed by atoms with E-state index in [0.29, 0.717) is 18.4 Å². The van der Waals surface area contributed by atoms with Gasteiger partial charge in [0.2, 0.25) is 0 Å². The Labute approximate surface area is 129 Å². The van der Waals surface area contributed by atoms with E-state index in [4.69, 9.17) is 9.47 Å². The summed E-state index contributed by atoms with van der Waals surface area (Å²) in [6.07, 6.45) is 0.367. The molecule has 1 N–H and O–H groups in total. The lowest BCUT2D eigenvalue weighted by atomic mass is 10.0. The third-order valence-electron chi connectivity index (χ3n) is 3.71. The first kappa shape index (κ1) is 14.8. The lowest BCUT2D eigenvalue weighted by Crippen LogP contribution is -2.19. The van der Waals surface area contributed by atoms with Gasteiger partial charge >= 0.3 is 5.97 Å². The van der Waals surface area contributed by atoms with E-state index in [1.807, 2.05) is 42.5 Å². The average Bonchev–Trinajstić information content (AvgIpc) is 2.99. The highest BCUT2D eigenvalue weighted by Gasteiger charge is 2.24. The second kappa shape index (κ2) is 6.73. The van der Waals surface area contributed by atoms with Crippen LogP contribution in [0.3, 0.4) is 0 Å². The lowest BCUT2D eigenvalue weighted by Gasteiger charge is -2.11. The van der Waals surface area contributed by atoms with Crippen molar-refractivity contribution < 1.29 is 19.4 Å². The largest absolute Gasteiger partial charge is 0.459 e. The van der Waals surface area contributed by atoms with Crippen molar-refractivity contribution in [1.82, 2.24) is 0 Å². The Morgan fingerprint density at radius 3 is 2.36 bits per heavy atom. The summed E-state index contributed by atoms with van der Waals surface area (Å²) in [5.41, 5.74) is 2.67. The van der Waals surface area contributed by atoms with Crippen molar-refractivity contribution in [2.45, 2.75) is 25.2 Å². The summed E-state index contributed by atoms with van der Waals surface area (Å²) in [6, 6.07) is 17.3. The van der Waals surface area contributed by atoms with Crippen LogP contribution in [0.15, 0.2) is 54.6 Å². The third kappa shape index (κ3) is 3.53. The smallest absolute Gasteiger partial charge is 0.338 e. The van der Waals surface area contributed by atoms with Crippen molar-refractivity contribution in [2.24, 2.45) is 0 Å². The number of rotatable bonds is 4. The zero-order valence-corrected chi connectivity index (χ0v) is 12.1. The van der Waals surface area contributed by atoms with Gasteiger partial charge in [-0.05, 0) is 29.7 Å². The molecule has 1 aliphatic heterocycles. The Morgan fingerprint density at radius 1 is 1.05 bits per heavy atom. The molecule has 0 amide bonds. The van der Waals surface area contributed by atoms with Crippen LogP contribution in [0.2, 0.25) is 0 Å². The van der Waals surface area contributed by atoms with E-state index in [-0.39, 0.29) is 18.7 Å². The summed E-state index contributed by atoms with van der Waals surface area (Å²) >= 11 is 0. The molecule has 0 saturated carbocycles. The molecule has 1 saturated heterocycles. The number of carbonyl (C=O) groups excluding carboxylic acids is 1. The number of hydrogen-bond donors (Lipinski definition) is 1. The summed E-state index contributed by atoms with van der Waals surface area (Å²) < 4.78 is 10.4. The van der Waals surface area contributed by atoms with E-state index in [2.05, 4.69) is 0 Å². The van der Waals surface area contributed by atoms with Crippen molar-refractivity contribution in [3.05, 3.63) is 60.2 Å². The fourth-order valence-electron chi connectivity index (χ4n) is 2.49. The Kier molecular flexibility index (Phi) is 4.51. The van der Waals surface area contributed by atoms with E-state index >= 15 is 0 Å². The van der Waals surface area contributed by atoms with Crippen molar-refractivity contribution in [2.75, 3.05) is 6.61 Å². The molecule has 0 radical (unpaired) electrons. The van der Waals surface area contributed by atoms with Gasteiger partial charge in [0.15, 0.2) is 6.29 Å². The summed E-state index contributed by atoms with van der Waals surface area (Å²) in [6.45, 7) is 0.177. The van der Waals surface area contributed by atoms with Crippen LogP contribution in [0.4, 0.5) is 0 Å². The molecule has 1 heterocycles. The first-order chi connectivity index (χ1) is 10.7. The van der Waals surface area contributed by atoms with Crippen LogP contribution >= 0.6 is 0 Å². The highest BCUT2D eigenvalue weighted by Crippen LogP contribution is 2.20. The molecular formula is C18H18O4. The molecule has 0 aromatic heterocycles. The van der Waals surface area contributed by atoms with Gasteiger partial charge in [-0.2, -0.15) is 0 Å². The van der Waals surface area contributed by atoms with Gasteiger partial charge in [-0.1, -0.05) is 42.5 Å². The molecule has 0 spiro atoms. The standard InChI is InChI=1S/C18H18O4/c19-17-11-10-16(22-17)12-21-18(20)15-8-6-14(7-9-15)13-4-2-1-3-5-13/h1-9,16-17,19H,10-12H2/t16-,17-/m0/s1. The highest BCUT2D eigenvalue weighted by atomic mass is 16.6. The minimum Gasteiger partial charge on any atom is -0.459 e. The maximum Gasteiger partial charge on any atom is 0.338 e. The van der Waals surface area contributed by atoms with Gasteiger partial charge in [-0.25, -0.2) is 4.79 Å². The van der Waals surface area contributed by atoms with E-state index < -0.39 is 6.29 Å². The fourth-order valence-corrected chi connectivity index (χ4v) is 2.49. The average molecular weight is 298 g/mol. The number of esters is 1. The molecule has 0 aliphatic carbocycles.